The Kier molecular flexibility index (Phi) is 7.75. The van der Waals surface area contributed by atoms with Crippen LogP contribution in [0.5, 0.6) is 0 Å². The number of para-hydroxylation sites is 2. The molecule has 3 aromatic heterocycles. The molecular formula is C47H46N4. The van der Waals surface area contributed by atoms with Crippen molar-refractivity contribution in [2.75, 3.05) is 0 Å². The lowest BCUT2D eigenvalue weighted by Crippen LogP contribution is -2.11. The van der Waals surface area contributed by atoms with Crippen LogP contribution in [0.25, 0.3) is 77.7 Å². The molecule has 0 aliphatic carbocycles. The van der Waals surface area contributed by atoms with Crippen molar-refractivity contribution >= 4 is 32.8 Å². The van der Waals surface area contributed by atoms with Gasteiger partial charge in [0.25, 0.3) is 0 Å². The van der Waals surface area contributed by atoms with Crippen molar-refractivity contribution in [2.24, 2.45) is 0 Å². The van der Waals surface area contributed by atoms with Crippen molar-refractivity contribution in [3.8, 4) is 44.9 Å². The van der Waals surface area contributed by atoms with E-state index in [0.29, 0.717) is 0 Å². The van der Waals surface area contributed by atoms with Gasteiger partial charge in [-0.1, -0.05) is 108 Å². The molecule has 0 unspecified atom stereocenters. The Morgan fingerprint density at radius 3 is 2.04 bits per heavy atom. The van der Waals surface area contributed by atoms with E-state index < -0.39 is 0 Å². The Morgan fingerprint density at radius 1 is 0.588 bits per heavy atom. The van der Waals surface area contributed by atoms with Gasteiger partial charge >= 0.3 is 0 Å². The zero-order valence-electron chi connectivity index (χ0n) is 31.0. The van der Waals surface area contributed by atoms with Crippen molar-refractivity contribution in [2.45, 2.75) is 72.3 Å². The number of H-pyrrole nitrogens is 1. The molecule has 4 heteroatoms. The molecule has 0 fully saturated rings. The van der Waals surface area contributed by atoms with Crippen LogP contribution in [0.2, 0.25) is 0 Å². The van der Waals surface area contributed by atoms with E-state index in [2.05, 4.69) is 180 Å². The van der Waals surface area contributed by atoms with Gasteiger partial charge in [0.05, 0.1) is 22.2 Å². The van der Waals surface area contributed by atoms with Gasteiger partial charge in [-0.05, 0) is 101 Å². The number of imidazole rings is 1. The minimum atomic E-state index is -0.0627. The fourth-order valence-electron chi connectivity index (χ4n) is 7.39. The lowest BCUT2D eigenvalue weighted by atomic mass is 9.83. The van der Waals surface area contributed by atoms with Gasteiger partial charge in [-0.15, -0.1) is 0 Å². The van der Waals surface area contributed by atoms with Crippen LogP contribution < -0.4 is 0 Å². The van der Waals surface area contributed by atoms with E-state index in [-0.39, 0.29) is 16.9 Å². The number of pyridine rings is 1. The Hall–Kier alpha value is -5.48. The second-order valence-corrected chi connectivity index (χ2v) is 16.3. The summed E-state index contributed by atoms with van der Waals surface area (Å²) in [4.78, 5) is 14.3. The normalized spacial score (nSPS) is 12.5. The maximum absolute atomic E-state index is 5.60. The number of aromatic nitrogens is 4. The highest BCUT2D eigenvalue weighted by Gasteiger charge is 2.25. The van der Waals surface area contributed by atoms with Gasteiger partial charge in [0.1, 0.15) is 5.82 Å². The van der Waals surface area contributed by atoms with Gasteiger partial charge in [0.2, 0.25) is 0 Å². The number of nitrogens with zero attached hydrogens (tertiary/aromatic N) is 3. The second-order valence-electron chi connectivity index (χ2n) is 16.3. The van der Waals surface area contributed by atoms with Gasteiger partial charge in [-0.3, -0.25) is 4.98 Å². The Labute approximate surface area is 301 Å². The highest BCUT2D eigenvalue weighted by Crippen LogP contribution is 2.42. The first-order valence-electron chi connectivity index (χ1n) is 18.1. The number of fused-ring (bicyclic) bond motifs is 4. The molecule has 51 heavy (non-hydrogen) atoms. The maximum Gasteiger partial charge on any atom is 0.143 e. The van der Waals surface area contributed by atoms with E-state index >= 15 is 0 Å². The minimum absolute atomic E-state index is 0.0310. The number of hydrogen-bond donors (Lipinski definition) is 1. The first kappa shape index (κ1) is 32.7. The van der Waals surface area contributed by atoms with Crippen LogP contribution in [0, 0.1) is 0 Å². The van der Waals surface area contributed by atoms with Crippen LogP contribution in [0.4, 0.5) is 0 Å². The molecule has 0 spiro atoms. The van der Waals surface area contributed by atoms with Crippen molar-refractivity contribution in [3.05, 3.63) is 133 Å². The zero-order valence-corrected chi connectivity index (χ0v) is 31.0. The fourth-order valence-corrected chi connectivity index (χ4v) is 7.39. The first-order chi connectivity index (χ1) is 24.4. The Morgan fingerprint density at radius 2 is 1.29 bits per heavy atom. The van der Waals surface area contributed by atoms with E-state index in [1.807, 2.05) is 6.20 Å². The first-order valence-corrected chi connectivity index (χ1v) is 18.1. The molecule has 4 nitrogen and oxygen atoms in total. The molecular weight excluding hydrogens is 621 g/mol. The van der Waals surface area contributed by atoms with E-state index in [1.165, 1.54) is 27.5 Å². The van der Waals surface area contributed by atoms with E-state index in [0.717, 1.165) is 61.4 Å². The Bertz CT molecular complexity index is 2570. The zero-order chi connectivity index (χ0) is 35.7. The van der Waals surface area contributed by atoms with Crippen LogP contribution in [0.1, 0.15) is 72.6 Å². The van der Waals surface area contributed by atoms with Crippen molar-refractivity contribution in [3.63, 3.8) is 0 Å². The number of rotatable bonds is 5. The van der Waals surface area contributed by atoms with Gasteiger partial charge in [0.15, 0.2) is 0 Å². The lowest BCUT2D eigenvalue weighted by molar-refractivity contribution is 0.590. The summed E-state index contributed by atoms with van der Waals surface area (Å²) in [5.41, 5.74) is 14.7. The monoisotopic (exact) mass is 666 g/mol. The van der Waals surface area contributed by atoms with Gasteiger partial charge in [-0.25, -0.2) is 4.98 Å². The average molecular weight is 667 g/mol. The molecule has 254 valence electrons. The summed E-state index contributed by atoms with van der Waals surface area (Å²) >= 11 is 0. The standard InChI is InChI=1S/C47H46N4/c1-29(2)51-42-20-14-18-36(32-23-33(25-34(24-32)46(3,4)5)41-26-31(21-22-48-41)30-15-10-9-11-16-30)44(42)50-45(51)39-28-35(47(6,7)8)27-38-37-17-12-13-19-40(37)49-43(38)39/h9-29,49H,1-8H3. The van der Waals surface area contributed by atoms with Crippen molar-refractivity contribution in [1.29, 1.82) is 0 Å². The molecule has 1 N–H and O–H groups in total. The third kappa shape index (κ3) is 5.83. The van der Waals surface area contributed by atoms with Crippen LogP contribution in [-0.2, 0) is 10.8 Å². The molecule has 0 atom stereocenters. The van der Waals surface area contributed by atoms with Crippen molar-refractivity contribution in [1.82, 2.24) is 19.5 Å². The maximum atomic E-state index is 5.60. The molecule has 0 amide bonds. The highest BCUT2D eigenvalue weighted by molar-refractivity contribution is 6.12. The number of nitrogens with one attached hydrogen (secondary N) is 1. The SMILES string of the molecule is CC(C)n1c(-c2cc(C(C)(C)C)cc3c2[nH]c2ccccc23)nc2c(-c3cc(-c4cc(-c5ccccc5)ccn4)cc(C(C)(C)C)c3)cccc21. The smallest absolute Gasteiger partial charge is 0.143 e. The third-order valence-electron chi connectivity index (χ3n) is 10.2. The summed E-state index contributed by atoms with van der Waals surface area (Å²) < 4.78 is 2.42. The molecule has 0 saturated heterocycles. The molecule has 8 aromatic rings. The number of aromatic amines is 1. The van der Waals surface area contributed by atoms with E-state index in [9.17, 15) is 0 Å². The van der Waals surface area contributed by atoms with Crippen LogP contribution in [-0.4, -0.2) is 19.5 Å². The summed E-state index contributed by atoms with van der Waals surface area (Å²) in [5, 5.41) is 2.48. The van der Waals surface area contributed by atoms with E-state index in [1.54, 1.807) is 0 Å². The number of hydrogen-bond acceptors (Lipinski definition) is 2. The molecule has 0 saturated carbocycles. The molecule has 0 radical (unpaired) electrons. The number of benzene rings is 5. The Balaban J connectivity index is 1.37. The molecule has 0 bridgehead atoms. The largest absolute Gasteiger partial charge is 0.354 e. The van der Waals surface area contributed by atoms with Gasteiger partial charge in [0, 0.05) is 45.2 Å². The predicted octanol–water partition coefficient (Wildman–Crippen LogP) is 12.9. The summed E-state index contributed by atoms with van der Waals surface area (Å²) in [6.45, 7) is 18.2. The van der Waals surface area contributed by atoms with Crippen molar-refractivity contribution < 1.29 is 0 Å². The highest BCUT2D eigenvalue weighted by atomic mass is 15.1. The summed E-state index contributed by atoms with van der Waals surface area (Å²) in [7, 11) is 0. The third-order valence-corrected chi connectivity index (χ3v) is 10.2. The van der Waals surface area contributed by atoms with Gasteiger partial charge in [-0.2, -0.15) is 0 Å². The molecule has 5 aromatic carbocycles. The quantitative estimate of drug-likeness (QED) is 0.199. The summed E-state index contributed by atoms with van der Waals surface area (Å²) in [6, 6.07) is 42.0. The van der Waals surface area contributed by atoms with Crippen LogP contribution in [0.3, 0.4) is 0 Å². The minimum Gasteiger partial charge on any atom is -0.354 e. The van der Waals surface area contributed by atoms with Crippen LogP contribution in [0.15, 0.2) is 121 Å². The average Bonchev–Trinajstić information content (AvgIpc) is 3.70. The van der Waals surface area contributed by atoms with Crippen LogP contribution >= 0.6 is 0 Å². The van der Waals surface area contributed by atoms with Gasteiger partial charge < -0.3 is 9.55 Å². The molecule has 3 heterocycles. The fraction of sp³-hybridized carbons (Fsp3) is 0.234. The summed E-state index contributed by atoms with van der Waals surface area (Å²) in [5.74, 6) is 0.986. The van der Waals surface area contributed by atoms with E-state index in [4.69, 9.17) is 9.97 Å². The predicted molar refractivity (Wildman–Crippen MR) is 216 cm³/mol. The molecule has 8 rings (SSSR count). The lowest BCUT2D eigenvalue weighted by Gasteiger charge is -2.22. The summed E-state index contributed by atoms with van der Waals surface area (Å²) in [6.07, 6.45) is 1.93. The molecule has 0 aliphatic heterocycles. The second kappa shape index (κ2) is 12.1. The topological polar surface area (TPSA) is 46.5 Å². The molecule has 0 aliphatic rings.